The van der Waals surface area contributed by atoms with E-state index in [2.05, 4.69) is 61.7 Å². The second kappa shape index (κ2) is 9.76. The fourth-order valence-corrected chi connectivity index (χ4v) is 3.46. The number of likely N-dealkylation sites (N-methyl/N-ethyl adjacent to an activating group) is 1. The molecular formula is C22H29N7O2. The molecule has 3 aromatic rings. The highest BCUT2D eigenvalue weighted by atomic mass is 16.5. The number of aryl methyl sites for hydroxylation is 2. The minimum Gasteiger partial charge on any atom is -0.462 e. The minimum atomic E-state index is 0.348. The van der Waals surface area contributed by atoms with Crippen molar-refractivity contribution in [3.63, 3.8) is 0 Å². The lowest BCUT2D eigenvalue weighted by Gasteiger charge is -2.28. The van der Waals surface area contributed by atoms with Gasteiger partial charge in [0.1, 0.15) is 12.4 Å². The molecule has 164 valence electrons. The molecule has 0 spiro atoms. The van der Waals surface area contributed by atoms with Crippen LogP contribution in [0.15, 0.2) is 29.4 Å². The van der Waals surface area contributed by atoms with Crippen molar-refractivity contribution in [2.75, 3.05) is 56.8 Å². The molecule has 0 radical (unpaired) electrons. The molecular weight excluding hydrogens is 394 g/mol. The number of nitrogens with zero attached hydrogens (tertiary/aromatic N) is 4. The number of ether oxygens (including phenoxy) is 2. The number of morpholine rings is 1. The first-order chi connectivity index (χ1) is 15.1. The molecule has 0 bridgehead atoms. The van der Waals surface area contributed by atoms with Crippen molar-refractivity contribution in [3.8, 4) is 6.01 Å². The van der Waals surface area contributed by atoms with Crippen LogP contribution in [0.5, 0.6) is 6.01 Å². The fourth-order valence-electron chi connectivity index (χ4n) is 3.46. The first-order valence-electron chi connectivity index (χ1n) is 10.5. The lowest BCUT2D eigenvalue weighted by Crippen LogP contribution is -2.37. The third kappa shape index (κ3) is 5.12. The number of hydrazone groups is 1. The van der Waals surface area contributed by atoms with Crippen LogP contribution in [-0.2, 0) is 4.74 Å². The Morgan fingerprint density at radius 1 is 1.23 bits per heavy atom. The van der Waals surface area contributed by atoms with Gasteiger partial charge in [-0.15, -0.1) is 0 Å². The van der Waals surface area contributed by atoms with E-state index in [0.717, 1.165) is 36.7 Å². The molecule has 0 atom stereocenters. The summed E-state index contributed by atoms with van der Waals surface area (Å²) in [5.74, 6) is 0.819. The molecule has 0 aliphatic carbocycles. The largest absolute Gasteiger partial charge is 0.462 e. The molecule has 9 heteroatoms. The van der Waals surface area contributed by atoms with Crippen LogP contribution in [-0.4, -0.2) is 67.7 Å². The van der Waals surface area contributed by atoms with Gasteiger partial charge in [0.25, 0.3) is 0 Å². The van der Waals surface area contributed by atoms with Gasteiger partial charge in [-0.05, 0) is 44.7 Å². The first kappa shape index (κ1) is 21.1. The number of nitrogens with one attached hydrogen (secondary N) is 3. The van der Waals surface area contributed by atoms with E-state index in [1.54, 1.807) is 6.21 Å². The van der Waals surface area contributed by atoms with Crippen LogP contribution < -0.4 is 20.4 Å². The molecule has 4 rings (SSSR count). The van der Waals surface area contributed by atoms with Crippen LogP contribution in [0.1, 0.15) is 17.0 Å². The van der Waals surface area contributed by atoms with Crippen molar-refractivity contribution in [1.29, 1.82) is 0 Å². The number of anilines is 2. The summed E-state index contributed by atoms with van der Waals surface area (Å²) in [6, 6.07) is 8.42. The number of rotatable bonds is 8. The number of benzene rings is 1. The average molecular weight is 424 g/mol. The van der Waals surface area contributed by atoms with Gasteiger partial charge in [-0.1, -0.05) is 0 Å². The molecule has 31 heavy (non-hydrogen) atoms. The van der Waals surface area contributed by atoms with E-state index in [4.69, 9.17) is 9.47 Å². The van der Waals surface area contributed by atoms with Crippen LogP contribution >= 0.6 is 0 Å². The smallest absolute Gasteiger partial charge is 0.319 e. The van der Waals surface area contributed by atoms with Crippen molar-refractivity contribution in [1.82, 2.24) is 20.3 Å². The second-order valence-corrected chi connectivity index (χ2v) is 7.49. The van der Waals surface area contributed by atoms with Crippen molar-refractivity contribution in [3.05, 3.63) is 41.2 Å². The van der Waals surface area contributed by atoms with Crippen molar-refractivity contribution < 1.29 is 9.47 Å². The van der Waals surface area contributed by atoms with E-state index < -0.39 is 0 Å². The van der Waals surface area contributed by atoms with Gasteiger partial charge < -0.3 is 24.7 Å². The Balaban J connectivity index is 1.52. The number of aromatic nitrogens is 3. The zero-order valence-corrected chi connectivity index (χ0v) is 18.2. The van der Waals surface area contributed by atoms with Crippen LogP contribution in [0.2, 0.25) is 0 Å². The van der Waals surface area contributed by atoms with Gasteiger partial charge in [-0.2, -0.15) is 15.1 Å². The van der Waals surface area contributed by atoms with Gasteiger partial charge >= 0.3 is 6.01 Å². The molecule has 0 saturated carbocycles. The summed E-state index contributed by atoms with van der Waals surface area (Å²) in [6.45, 7) is 8.36. The molecule has 0 unspecified atom stereocenters. The molecule has 1 aliphatic rings. The van der Waals surface area contributed by atoms with E-state index in [-0.39, 0.29) is 0 Å². The van der Waals surface area contributed by atoms with Gasteiger partial charge in [-0.25, -0.2) is 0 Å². The maximum Gasteiger partial charge on any atom is 0.319 e. The Bertz CT molecular complexity index is 1060. The maximum atomic E-state index is 5.72. The maximum absolute atomic E-state index is 5.72. The Kier molecular flexibility index (Phi) is 6.63. The number of aromatic amines is 1. The quantitative estimate of drug-likeness (QED) is 0.291. The highest BCUT2D eigenvalue weighted by molar-refractivity contribution is 5.87. The first-order valence-corrected chi connectivity index (χ1v) is 10.5. The van der Waals surface area contributed by atoms with E-state index >= 15 is 0 Å². The molecule has 1 saturated heterocycles. The number of fused-ring (bicyclic) bond motifs is 1. The van der Waals surface area contributed by atoms with E-state index in [9.17, 15) is 0 Å². The predicted molar refractivity (Wildman–Crippen MR) is 123 cm³/mol. The fraction of sp³-hybridized carbons (Fsp3) is 0.409. The zero-order valence-electron chi connectivity index (χ0n) is 18.2. The van der Waals surface area contributed by atoms with E-state index in [1.807, 2.05) is 19.2 Å². The molecule has 9 nitrogen and oxygen atoms in total. The highest BCUT2D eigenvalue weighted by Crippen LogP contribution is 2.24. The van der Waals surface area contributed by atoms with Crippen LogP contribution in [0.25, 0.3) is 10.9 Å². The Hall–Kier alpha value is -3.17. The van der Waals surface area contributed by atoms with Gasteiger partial charge in [0, 0.05) is 42.3 Å². The monoisotopic (exact) mass is 423 g/mol. The Morgan fingerprint density at radius 2 is 2.06 bits per heavy atom. The summed E-state index contributed by atoms with van der Waals surface area (Å²) in [6.07, 6.45) is 1.69. The molecule has 3 N–H and O–H groups in total. The summed E-state index contributed by atoms with van der Waals surface area (Å²) in [4.78, 5) is 14.6. The van der Waals surface area contributed by atoms with E-state index in [0.29, 0.717) is 31.5 Å². The van der Waals surface area contributed by atoms with E-state index in [1.165, 1.54) is 16.6 Å². The average Bonchev–Trinajstić information content (AvgIpc) is 3.08. The lowest BCUT2D eigenvalue weighted by atomic mass is 10.1. The molecule has 0 amide bonds. The van der Waals surface area contributed by atoms with Crippen LogP contribution in [0, 0.1) is 13.8 Å². The normalized spacial score (nSPS) is 14.5. The number of hydrogen-bond acceptors (Lipinski definition) is 8. The lowest BCUT2D eigenvalue weighted by molar-refractivity contribution is 0.122. The van der Waals surface area contributed by atoms with Crippen molar-refractivity contribution >= 4 is 28.6 Å². The van der Waals surface area contributed by atoms with Crippen molar-refractivity contribution in [2.45, 2.75) is 13.8 Å². The summed E-state index contributed by atoms with van der Waals surface area (Å²) < 4.78 is 11.2. The summed E-state index contributed by atoms with van der Waals surface area (Å²) >= 11 is 0. The molecule has 1 aliphatic heterocycles. The SMILES string of the molecule is CNCCOc1nc(C=NNc2ccc3[nH]c(C)c(C)c3c2)cc(N2CCOCC2)n1. The topological polar surface area (TPSA) is 99.7 Å². The zero-order chi connectivity index (χ0) is 21.6. The third-order valence-corrected chi connectivity index (χ3v) is 5.33. The molecule has 1 aromatic carbocycles. The third-order valence-electron chi connectivity index (χ3n) is 5.33. The predicted octanol–water partition coefficient (Wildman–Crippen LogP) is 2.46. The highest BCUT2D eigenvalue weighted by Gasteiger charge is 2.15. The molecule has 2 aromatic heterocycles. The van der Waals surface area contributed by atoms with Crippen LogP contribution in [0.4, 0.5) is 11.5 Å². The summed E-state index contributed by atoms with van der Waals surface area (Å²) in [5, 5.41) is 8.64. The summed E-state index contributed by atoms with van der Waals surface area (Å²) in [5.41, 5.74) is 8.25. The minimum absolute atomic E-state index is 0.348. The molecule has 1 fully saturated rings. The summed E-state index contributed by atoms with van der Waals surface area (Å²) in [7, 11) is 1.88. The Morgan fingerprint density at radius 3 is 2.87 bits per heavy atom. The number of H-pyrrole nitrogens is 1. The standard InChI is InChI=1S/C22H29N7O2/c1-15-16(2)25-20-5-4-17(12-19(15)20)28-24-14-18-13-21(29-7-10-30-11-8-29)27-22(26-18)31-9-6-23-3/h4-5,12-14,23,25,28H,6-11H2,1-3H3. The van der Waals surface area contributed by atoms with Gasteiger partial charge in [0.05, 0.1) is 30.8 Å². The van der Waals surface area contributed by atoms with Gasteiger partial charge in [-0.3, -0.25) is 5.43 Å². The second-order valence-electron chi connectivity index (χ2n) is 7.49. The van der Waals surface area contributed by atoms with Gasteiger partial charge in [0.15, 0.2) is 0 Å². The van der Waals surface area contributed by atoms with Gasteiger partial charge in [0.2, 0.25) is 0 Å². The molecule has 3 heterocycles. The van der Waals surface area contributed by atoms with Crippen LogP contribution in [0.3, 0.4) is 0 Å². The number of hydrogen-bond donors (Lipinski definition) is 3. The Labute approximate surface area is 181 Å². The van der Waals surface area contributed by atoms with Crippen molar-refractivity contribution in [2.24, 2.45) is 5.10 Å².